The van der Waals surface area contributed by atoms with E-state index < -0.39 is 6.10 Å². The Bertz CT molecular complexity index is 810. The highest BCUT2D eigenvalue weighted by Crippen LogP contribution is 2.55. The average molecular weight is 442 g/mol. The summed E-state index contributed by atoms with van der Waals surface area (Å²) in [5.74, 6) is 0.182. The van der Waals surface area contributed by atoms with Gasteiger partial charge in [-0.25, -0.2) is 0 Å². The molecular formula is C26H39N3O3. The van der Waals surface area contributed by atoms with E-state index in [2.05, 4.69) is 24.1 Å². The fraction of sp³-hybridized carbons (Fsp3) is 0.731. The summed E-state index contributed by atoms with van der Waals surface area (Å²) in [7, 11) is 0. The lowest BCUT2D eigenvalue weighted by atomic mass is 9.51. The van der Waals surface area contributed by atoms with E-state index in [1.807, 2.05) is 11.8 Å². The van der Waals surface area contributed by atoms with E-state index >= 15 is 0 Å². The topological polar surface area (TPSA) is 82.5 Å². The lowest BCUT2D eigenvalue weighted by Crippen LogP contribution is -2.58. The van der Waals surface area contributed by atoms with Gasteiger partial charge in [0.25, 0.3) is 5.91 Å². The number of aliphatic hydroxyl groups excluding tert-OH is 1. The van der Waals surface area contributed by atoms with E-state index in [1.54, 1.807) is 24.5 Å². The minimum absolute atomic E-state index is 0.0143. The monoisotopic (exact) mass is 441 g/mol. The summed E-state index contributed by atoms with van der Waals surface area (Å²) in [4.78, 5) is 32.0. The fourth-order valence-corrected chi connectivity index (χ4v) is 6.84. The number of aromatic nitrogens is 1. The number of fused-ring (bicyclic) bond motifs is 1. The number of aliphatic hydroxyl groups is 1. The van der Waals surface area contributed by atoms with Crippen LogP contribution in [0.3, 0.4) is 0 Å². The number of carbonyl (C=O) groups is 2. The molecule has 7 atom stereocenters. The Hall–Kier alpha value is -1.95. The van der Waals surface area contributed by atoms with Gasteiger partial charge in [-0.15, -0.1) is 0 Å². The second kappa shape index (κ2) is 9.50. The molecular weight excluding hydrogens is 402 g/mol. The van der Waals surface area contributed by atoms with Crippen LogP contribution >= 0.6 is 0 Å². The first-order chi connectivity index (χ1) is 15.3. The molecule has 0 unspecified atom stereocenters. The minimum Gasteiger partial charge on any atom is -0.392 e. The predicted octanol–water partition coefficient (Wildman–Crippen LogP) is 3.65. The van der Waals surface area contributed by atoms with Gasteiger partial charge in [-0.05, 0) is 80.2 Å². The highest BCUT2D eigenvalue weighted by atomic mass is 16.3. The van der Waals surface area contributed by atoms with E-state index in [1.165, 1.54) is 6.42 Å². The molecule has 6 nitrogen and oxygen atoms in total. The third-order valence-electron chi connectivity index (χ3n) is 8.85. The van der Waals surface area contributed by atoms with Gasteiger partial charge in [0.2, 0.25) is 5.91 Å². The van der Waals surface area contributed by atoms with Crippen molar-refractivity contribution < 1.29 is 14.7 Å². The lowest BCUT2D eigenvalue weighted by Gasteiger charge is -2.56. The van der Waals surface area contributed by atoms with Crippen LogP contribution in [-0.2, 0) is 4.79 Å². The van der Waals surface area contributed by atoms with E-state index in [0.717, 1.165) is 51.6 Å². The Balaban J connectivity index is 1.47. The molecule has 0 radical (unpaired) electrons. The molecule has 1 aromatic rings. The van der Waals surface area contributed by atoms with Crippen LogP contribution in [0.5, 0.6) is 0 Å². The highest BCUT2D eigenvalue weighted by molar-refractivity contribution is 5.94. The van der Waals surface area contributed by atoms with Crippen LogP contribution in [0.25, 0.3) is 0 Å². The summed E-state index contributed by atoms with van der Waals surface area (Å²) in [6, 6.07) is 3.48. The quantitative estimate of drug-likeness (QED) is 0.747. The molecule has 2 heterocycles. The first-order valence-electron chi connectivity index (χ1n) is 12.5. The molecule has 1 saturated heterocycles. The first-order valence-corrected chi connectivity index (χ1v) is 12.5. The molecule has 2 N–H and O–H groups in total. The predicted molar refractivity (Wildman–Crippen MR) is 124 cm³/mol. The van der Waals surface area contributed by atoms with Gasteiger partial charge < -0.3 is 15.3 Å². The summed E-state index contributed by atoms with van der Waals surface area (Å²) in [6.07, 6.45) is 9.96. The molecule has 3 fully saturated rings. The maximum absolute atomic E-state index is 13.2. The molecule has 32 heavy (non-hydrogen) atoms. The van der Waals surface area contributed by atoms with E-state index in [-0.39, 0.29) is 46.9 Å². The summed E-state index contributed by atoms with van der Waals surface area (Å²) >= 11 is 0. The summed E-state index contributed by atoms with van der Waals surface area (Å²) in [5, 5.41) is 14.8. The number of pyridine rings is 1. The van der Waals surface area contributed by atoms with Crippen molar-refractivity contribution in [2.75, 3.05) is 13.1 Å². The average Bonchev–Trinajstić information content (AvgIpc) is 2.81. The van der Waals surface area contributed by atoms with Crippen molar-refractivity contribution in [3.8, 4) is 0 Å². The van der Waals surface area contributed by atoms with Crippen LogP contribution in [0.4, 0.5) is 0 Å². The zero-order valence-corrected chi connectivity index (χ0v) is 19.8. The van der Waals surface area contributed by atoms with Crippen molar-refractivity contribution in [3.63, 3.8) is 0 Å². The zero-order valence-electron chi connectivity index (χ0n) is 19.8. The minimum atomic E-state index is -0.520. The Kier molecular flexibility index (Phi) is 6.89. The van der Waals surface area contributed by atoms with Crippen molar-refractivity contribution >= 4 is 11.8 Å². The summed E-state index contributed by atoms with van der Waals surface area (Å²) in [5.41, 5.74) is 0.671. The van der Waals surface area contributed by atoms with Gasteiger partial charge in [-0.1, -0.05) is 20.8 Å². The van der Waals surface area contributed by atoms with Crippen LogP contribution < -0.4 is 5.32 Å². The van der Waals surface area contributed by atoms with Gasteiger partial charge in [0.1, 0.15) is 0 Å². The van der Waals surface area contributed by atoms with E-state index in [4.69, 9.17) is 0 Å². The third kappa shape index (κ3) is 4.43. The molecule has 176 valence electrons. The Morgan fingerprint density at radius 3 is 2.50 bits per heavy atom. The van der Waals surface area contributed by atoms with Gasteiger partial charge in [-0.3, -0.25) is 14.6 Å². The van der Waals surface area contributed by atoms with Gasteiger partial charge in [0.05, 0.1) is 6.10 Å². The number of piperidine rings is 1. The number of amides is 2. The van der Waals surface area contributed by atoms with Crippen LogP contribution in [0, 0.1) is 29.1 Å². The highest BCUT2D eigenvalue weighted by Gasteiger charge is 2.54. The summed E-state index contributed by atoms with van der Waals surface area (Å²) in [6.45, 7) is 8.19. The smallest absolute Gasteiger partial charge is 0.251 e. The fourth-order valence-electron chi connectivity index (χ4n) is 6.84. The van der Waals surface area contributed by atoms with Crippen LogP contribution in [0.1, 0.15) is 76.1 Å². The van der Waals surface area contributed by atoms with Gasteiger partial charge in [-0.2, -0.15) is 0 Å². The van der Waals surface area contributed by atoms with Crippen molar-refractivity contribution in [2.24, 2.45) is 29.1 Å². The normalized spacial score (nSPS) is 36.1. The van der Waals surface area contributed by atoms with E-state index in [9.17, 15) is 14.7 Å². The van der Waals surface area contributed by atoms with Crippen molar-refractivity contribution in [1.29, 1.82) is 0 Å². The zero-order chi connectivity index (χ0) is 22.9. The van der Waals surface area contributed by atoms with Crippen LogP contribution in [0.15, 0.2) is 24.5 Å². The maximum atomic E-state index is 13.2. The molecule has 0 bridgehead atoms. The molecule has 6 heteroatoms. The second-order valence-corrected chi connectivity index (χ2v) is 10.8. The molecule has 2 amide bonds. The maximum Gasteiger partial charge on any atom is 0.251 e. The van der Waals surface area contributed by atoms with Gasteiger partial charge in [0, 0.05) is 43.0 Å². The van der Waals surface area contributed by atoms with Crippen molar-refractivity contribution in [1.82, 2.24) is 15.2 Å². The number of carbonyl (C=O) groups excluding carboxylic acids is 2. The SMILES string of the molecule is C[C@H]1[C@@H]2[C@@H](O)[C@H]([C@H](C)C(=O)N3CCCCC3)CC[C@@]2(C)CC[C@@H]1NC(=O)c1ccncc1. The Morgan fingerprint density at radius 1 is 1.16 bits per heavy atom. The first kappa shape index (κ1) is 23.2. The van der Waals surface area contributed by atoms with Gasteiger partial charge >= 0.3 is 0 Å². The molecule has 2 aliphatic carbocycles. The van der Waals surface area contributed by atoms with Crippen molar-refractivity contribution in [3.05, 3.63) is 30.1 Å². The molecule has 2 saturated carbocycles. The van der Waals surface area contributed by atoms with Crippen LogP contribution in [-0.4, -0.2) is 52.0 Å². The van der Waals surface area contributed by atoms with Crippen molar-refractivity contribution in [2.45, 2.75) is 77.9 Å². The molecule has 3 aliphatic rings. The van der Waals surface area contributed by atoms with E-state index in [0.29, 0.717) is 5.56 Å². The second-order valence-electron chi connectivity index (χ2n) is 10.8. The molecule has 4 rings (SSSR count). The third-order valence-corrected chi connectivity index (χ3v) is 8.85. The van der Waals surface area contributed by atoms with Crippen LogP contribution in [0.2, 0.25) is 0 Å². The van der Waals surface area contributed by atoms with Gasteiger partial charge in [0.15, 0.2) is 0 Å². The number of nitrogens with zero attached hydrogens (tertiary/aromatic N) is 2. The Labute approximate surface area is 192 Å². The number of rotatable bonds is 4. The standard InChI is InChI=1S/C26H39N3O3/c1-17(25(32)29-15-5-4-6-16-29)20-7-11-26(3)12-8-21(18(2)22(26)23(20)30)28-24(31)19-9-13-27-14-10-19/h9-10,13-14,17-18,20-23,30H,4-8,11-12,15-16H2,1-3H3,(H,28,31)/t17-,18+,20-,21-,22+,23-,26-/m0/s1. The molecule has 0 aromatic carbocycles. The number of nitrogens with one attached hydrogen (secondary N) is 1. The number of hydrogen-bond donors (Lipinski definition) is 2. The molecule has 1 aromatic heterocycles. The largest absolute Gasteiger partial charge is 0.392 e. The number of likely N-dealkylation sites (tertiary alicyclic amines) is 1. The lowest BCUT2D eigenvalue weighted by molar-refractivity contribution is -0.150. The molecule has 1 aliphatic heterocycles. The summed E-state index contributed by atoms with van der Waals surface area (Å²) < 4.78 is 0. The number of hydrogen-bond acceptors (Lipinski definition) is 4. The molecule has 0 spiro atoms. The Morgan fingerprint density at radius 2 is 1.81 bits per heavy atom.